The normalized spacial score (nSPS) is 16.2. The third-order valence-corrected chi connectivity index (χ3v) is 5.81. The molecule has 0 radical (unpaired) electrons. The van der Waals surface area contributed by atoms with Gasteiger partial charge >= 0.3 is 0 Å². The summed E-state index contributed by atoms with van der Waals surface area (Å²) in [5.74, 6) is 1.32. The van der Waals surface area contributed by atoms with Crippen LogP contribution in [-0.2, 0) is 13.1 Å². The largest absolute Gasteiger partial charge is 0.459 e. The number of piperidine rings is 1. The van der Waals surface area contributed by atoms with E-state index in [1.54, 1.807) is 13.1 Å². The van der Waals surface area contributed by atoms with Crippen LogP contribution in [0, 0.1) is 12.7 Å². The highest BCUT2D eigenvalue weighted by molar-refractivity contribution is 5.83. The number of hydrogen-bond donors (Lipinski definition) is 2. The maximum Gasteiger partial charge on any atom is 0.191 e. The minimum absolute atomic E-state index is 0.248. The fraction of sp³-hybridized carbons (Fsp3) is 0.375. The Balaban J connectivity index is 1.28. The van der Waals surface area contributed by atoms with E-state index < -0.39 is 0 Å². The van der Waals surface area contributed by atoms with Crippen molar-refractivity contribution in [2.75, 3.05) is 20.1 Å². The van der Waals surface area contributed by atoms with Gasteiger partial charge in [-0.15, -0.1) is 0 Å². The summed E-state index contributed by atoms with van der Waals surface area (Å²) in [7, 11) is 1.78. The van der Waals surface area contributed by atoms with E-state index in [1.165, 1.54) is 17.7 Å². The molecule has 1 aliphatic rings. The molecular formula is C24H29FN4O. The maximum atomic E-state index is 13.5. The summed E-state index contributed by atoms with van der Waals surface area (Å²) in [6, 6.07) is 15.6. The number of halogens is 1. The molecule has 0 aliphatic carbocycles. The fourth-order valence-electron chi connectivity index (χ4n) is 4.04. The summed E-state index contributed by atoms with van der Waals surface area (Å²) in [6.07, 6.45) is 2.16. The summed E-state index contributed by atoms with van der Waals surface area (Å²) in [4.78, 5) is 6.86. The van der Waals surface area contributed by atoms with Crippen molar-refractivity contribution in [3.8, 4) is 0 Å². The van der Waals surface area contributed by atoms with Crippen molar-refractivity contribution >= 4 is 16.9 Å². The molecule has 0 unspecified atom stereocenters. The topological polar surface area (TPSA) is 52.8 Å². The monoisotopic (exact) mass is 408 g/mol. The highest BCUT2D eigenvalue weighted by atomic mass is 19.1. The maximum absolute atomic E-state index is 13.5. The Labute approximate surface area is 177 Å². The number of aliphatic imine (C=N–C) groups is 1. The predicted molar refractivity (Wildman–Crippen MR) is 119 cm³/mol. The number of furan rings is 1. The van der Waals surface area contributed by atoms with Gasteiger partial charge in [-0.3, -0.25) is 9.89 Å². The molecule has 1 fully saturated rings. The summed E-state index contributed by atoms with van der Waals surface area (Å²) < 4.78 is 19.4. The van der Waals surface area contributed by atoms with E-state index in [1.807, 2.05) is 6.92 Å². The van der Waals surface area contributed by atoms with Crippen molar-refractivity contribution in [3.63, 3.8) is 0 Å². The first-order chi connectivity index (χ1) is 14.6. The van der Waals surface area contributed by atoms with Crippen LogP contribution in [0.3, 0.4) is 0 Å². The first-order valence-electron chi connectivity index (χ1n) is 10.5. The molecule has 158 valence electrons. The number of hydrogen-bond acceptors (Lipinski definition) is 3. The van der Waals surface area contributed by atoms with Crippen molar-refractivity contribution in [2.24, 2.45) is 4.99 Å². The van der Waals surface area contributed by atoms with E-state index in [9.17, 15) is 4.39 Å². The van der Waals surface area contributed by atoms with Crippen molar-refractivity contribution < 1.29 is 8.81 Å². The minimum atomic E-state index is -0.248. The Morgan fingerprint density at radius 2 is 1.93 bits per heavy atom. The second kappa shape index (κ2) is 9.30. The van der Waals surface area contributed by atoms with Crippen molar-refractivity contribution in [1.82, 2.24) is 15.5 Å². The molecule has 2 N–H and O–H groups in total. The third-order valence-electron chi connectivity index (χ3n) is 5.81. The van der Waals surface area contributed by atoms with Gasteiger partial charge in [-0.1, -0.05) is 30.3 Å². The molecule has 3 aromatic rings. The third kappa shape index (κ3) is 4.82. The fourth-order valence-corrected chi connectivity index (χ4v) is 4.04. The second-order valence-corrected chi connectivity index (χ2v) is 7.90. The molecule has 6 heteroatoms. The molecule has 30 heavy (non-hydrogen) atoms. The van der Waals surface area contributed by atoms with E-state index in [4.69, 9.17) is 4.42 Å². The Bertz CT molecular complexity index is 1010. The Morgan fingerprint density at radius 3 is 2.67 bits per heavy atom. The molecule has 4 rings (SSSR count). The first-order valence-corrected chi connectivity index (χ1v) is 10.5. The van der Waals surface area contributed by atoms with Gasteiger partial charge in [-0.25, -0.2) is 4.39 Å². The number of fused-ring (bicyclic) bond motifs is 1. The standard InChI is InChI=1S/C24H29FN4O/c1-17-21-14-19(25)8-9-22(21)30-23(17)15-27-24(26-2)28-20-10-12-29(13-11-20)16-18-6-4-3-5-7-18/h3-9,14,20H,10-13,15-16H2,1-2H3,(H2,26,27,28). The lowest BCUT2D eigenvalue weighted by Gasteiger charge is -2.33. The zero-order valence-electron chi connectivity index (χ0n) is 17.6. The highest BCUT2D eigenvalue weighted by Gasteiger charge is 2.20. The van der Waals surface area contributed by atoms with E-state index in [0.29, 0.717) is 18.2 Å². The molecule has 2 heterocycles. The van der Waals surface area contributed by atoms with Crippen LogP contribution in [0.15, 0.2) is 57.9 Å². The van der Waals surface area contributed by atoms with Gasteiger partial charge in [-0.2, -0.15) is 0 Å². The number of benzene rings is 2. The quantitative estimate of drug-likeness (QED) is 0.491. The Morgan fingerprint density at radius 1 is 1.17 bits per heavy atom. The summed E-state index contributed by atoms with van der Waals surface area (Å²) in [5.41, 5.74) is 3.03. The van der Waals surface area contributed by atoms with Crippen LogP contribution in [-0.4, -0.2) is 37.0 Å². The summed E-state index contributed by atoms with van der Waals surface area (Å²) in [5, 5.41) is 7.69. The van der Waals surface area contributed by atoms with Crippen LogP contribution in [0.1, 0.15) is 29.7 Å². The zero-order chi connectivity index (χ0) is 20.9. The molecule has 5 nitrogen and oxygen atoms in total. The smallest absolute Gasteiger partial charge is 0.191 e. The molecule has 1 saturated heterocycles. The van der Waals surface area contributed by atoms with Gasteiger partial charge < -0.3 is 15.1 Å². The average molecular weight is 409 g/mol. The van der Waals surface area contributed by atoms with Gasteiger partial charge in [0.05, 0.1) is 6.54 Å². The number of aryl methyl sites for hydroxylation is 1. The Kier molecular flexibility index (Phi) is 6.33. The number of nitrogens with zero attached hydrogens (tertiary/aromatic N) is 2. The van der Waals surface area contributed by atoms with Crippen LogP contribution >= 0.6 is 0 Å². The molecule has 1 aromatic heterocycles. The molecular weight excluding hydrogens is 379 g/mol. The second-order valence-electron chi connectivity index (χ2n) is 7.90. The summed E-state index contributed by atoms with van der Waals surface area (Å²) in [6.45, 7) is 5.61. The minimum Gasteiger partial charge on any atom is -0.459 e. The number of guanidine groups is 1. The molecule has 0 bridgehead atoms. The van der Waals surface area contributed by atoms with Crippen LogP contribution < -0.4 is 10.6 Å². The number of likely N-dealkylation sites (tertiary alicyclic amines) is 1. The molecule has 0 amide bonds. The van der Waals surface area contributed by atoms with Crippen LogP contribution in [0.4, 0.5) is 4.39 Å². The summed E-state index contributed by atoms with van der Waals surface area (Å²) >= 11 is 0. The highest BCUT2D eigenvalue weighted by Crippen LogP contribution is 2.25. The number of nitrogens with one attached hydrogen (secondary N) is 2. The van der Waals surface area contributed by atoms with Gasteiger partial charge in [0.25, 0.3) is 0 Å². The van der Waals surface area contributed by atoms with E-state index in [-0.39, 0.29) is 5.82 Å². The van der Waals surface area contributed by atoms with Crippen molar-refractivity contribution in [3.05, 3.63) is 71.2 Å². The molecule has 0 spiro atoms. The van der Waals surface area contributed by atoms with Crippen molar-refractivity contribution in [1.29, 1.82) is 0 Å². The van der Waals surface area contributed by atoms with E-state index in [0.717, 1.165) is 55.1 Å². The SMILES string of the molecule is CN=C(NCc1oc2ccc(F)cc2c1C)NC1CCN(Cc2ccccc2)CC1. The van der Waals surface area contributed by atoms with Gasteiger partial charge in [0.2, 0.25) is 0 Å². The van der Waals surface area contributed by atoms with E-state index >= 15 is 0 Å². The first kappa shape index (κ1) is 20.4. The molecule has 0 saturated carbocycles. The Hall–Kier alpha value is -2.86. The van der Waals surface area contributed by atoms with Gasteiger partial charge in [-0.05, 0) is 43.5 Å². The van der Waals surface area contributed by atoms with Gasteiger partial charge in [0.1, 0.15) is 17.2 Å². The molecule has 1 aliphatic heterocycles. The zero-order valence-corrected chi connectivity index (χ0v) is 17.6. The lowest BCUT2D eigenvalue weighted by atomic mass is 10.0. The van der Waals surface area contributed by atoms with E-state index in [2.05, 4.69) is 50.9 Å². The van der Waals surface area contributed by atoms with Crippen molar-refractivity contribution in [2.45, 2.75) is 38.9 Å². The van der Waals surface area contributed by atoms with Gasteiger partial charge in [0, 0.05) is 43.7 Å². The lowest BCUT2D eigenvalue weighted by Crippen LogP contribution is -2.48. The lowest BCUT2D eigenvalue weighted by molar-refractivity contribution is 0.198. The van der Waals surface area contributed by atoms with Crippen LogP contribution in [0.5, 0.6) is 0 Å². The van der Waals surface area contributed by atoms with Crippen LogP contribution in [0.2, 0.25) is 0 Å². The average Bonchev–Trinajstić information content (AvgIpc) is 3.08. The van der Waals surface area contributed by atoms with Crippen LogP contribution in [0.25, 0.3) is 11.0 Å². The van der Waals surface area contributed by atoms with Gasteiger partial charge in [0.15, 0.2) is 5.96 Å². The molecule has 2 aromatic carbocycles. The molecule has 0 atom stereocenters. The predicted octanol–water partition coefficient (Wildman–Crippen LogP) is 4.21. The number of rotatable bonds is 5.